The van der Waals surface area contributed by atoms with Crippen LogP contribution in [0, 0.1) is 0 Å². The highest BCUT2D eigenvalue weighted by molar-refractivity contribution is 6.35. The van der Waals surface area contributed by atoms with E-state index >= 15 is 0 Å². The maximum absolute atomic E-state index is 10.4. The van der Waals surface area contributed by atoms with E-state index in [1.807, 2.05) is 30.3 Å². The van der Waals surface area contributed by atoms with Crippen molar-refractivity contribution in [1.82, 2.24) is 9.97 Å². The first-order chi connectivity index (χ1) is 10.6. The average Bonchev–Trinajstić information content (AvgIpc) is 2.55. The molecule has 0 aliphatic heterocycles. The van der Waals surface area contributed by atoms with Crippen LogP contribution in [0.25, 0.3) is 11.4 Å². The second kappa shape index (κ2) is 6.44. The summed E-state index contributed by atoms with van der Waals surface area (Å²) in [6, 6.07) is 14.6. The SMILES string of the molecule is OC(c1cnc(-c2ccccc2)nc1)c1ccc(Cl)cc1Cl. The molecule has 110 valence electrons. The Balaban J connectivity index is 1.89. The summed E-state index contributed by atoms with van der Waals surface area (Å²) < 4.78 is 0. The summed E-state index contributed by atoms with van der Waals surface area (Å²) >= 11 is 12.0. The predicted molar refractivity (Wildman–Crippen MR) is 88.0 cm³/mol. The van der Waals surface area contributed by atoms with Crippen molar-refractivity contribution >= 4 is 23.2 Å². The Labute approximate surface area is 138 Å². The van der Waals surface area contributed by atoms with Crippen molar-refractivity contribution in [2.75, 3.05) is 0 Å². The third-order valence-electron chi connectivity index (χ3n) is 3.28. The minimum atomic E-state index is -0.894. The van der Waals surface area contributed by atoms with Crippen LogP contribution in [-0.4, -0.2) is 15.1 Å². The van der Waals surface area contributed by atoms with Gasteiger partial charge < -0.3 is 5.11 Å². The Kier molecular flexibility index (Phi) is 4.39. The van der Waals surface area contributed by atoms with Crippen molar-refractivity contribution in [2.24, 2.45) is 0 Å². The van der Waals surface area contributed by atoms with Crippen LogP contribution in [0.15, 0.2) is 60.9 Å². The molecule has 0 aliphatic carbocycles. The van der Waals surface area contributed by atoms with Gasteiger partial charge in [-0.1, -0.05) is 59.6 Å². The topological polar surface area (TPSA) is 46.0 Å². The predicted octanol–water partition coefficient (Wildman–Crippen LogP) is 4.53. The number of hydrogen-bond acceptors (Lipinski definition) is 3. The van der Waals surface area contributed by atoms with Gasteiger partial charge in [-0.15, -0.1) is 0 Å². The number of aliphatic hydroxyl groups is 1. The van der Waals surface area contributed by atoms with Crippen LogP contribution in [0.5, 0.6) is 0 Å². The van der Waals surface area contributed by atoms with Gasteiger partial charge in [0, 0.05) is 39.1 Å². The molecule has 1 unspecified atom stereocenters. The Morgan fingerprint density at radius 2 is 1.59 bits per heavy atom. The first kappa shape index (κ1) is 15.0. The van der Waals surface area contributed by atoms with Gasteiger partial charge in [0.05, 0.1) is 0 Å². The quantitative estimate of drug-likeness (QED) is 0.767. The molecule has 3 rings (SSSR count). The maximum atomic E-state index is 10.4. The lowest BCUT2D eigenvalue weighted by atomic mass is 10.0. The molecule has 0 radical (unpaired) electrons. The molecule has 3 nitrogen and oxygen atoms in total. The Morgan fingerprint density at radius 3 is 2.23 bits per heavy atom. The van der Waals surface area contributed by atoms with E-state index < -0.39 is 6.10 Å². The van der Waals surface area contributed by atoms with E-state index in [0.29, 0.717) is 27.0 Å². The van der Waals surface area contributed by atoms with Gasteiger partial charge in [0.1, 0.15) is 6.10 Å². The summed E-state index contributed by atoms with van der Waals surface area (Å²) in [5.41, 5.74) is 2.07. The molecule has 5 heteroatoms. The van der Waals surface area contributed by atoms with E-state index in [-0.39, 0.29) is 0 Å². The number of nitrogens with zero attached hydrogens (tertiary/aromatic N) is 2. The van der Waals surface area contributed by atoms with Crippen molar-refractivity contribution in [3.8, 4) is 11.4 Å². The molecule has 0 amide bonds. The first-order valence-corrected chi connectivity index (χ1v) is 7.41. The Bertz CT molecular complexity index is 776. The van der Waals surface area contributed by atoms with Crippen LogP contribution >= 0.6 is 23.2 Å². The molecule has 0 spiro atoms. The Morgan fingerprint density at radius 1 is 0.909 bits per heavy atom. The molecule has 0 fully saturated rings. The third kappa shape index (κ3) is 3.12. The number of rotatable bonds is 3. The average molecular weight is 331 g/mol. The first-order valence-electron chi connectivity index (χ1n) is 6.65. The number of hydrogen-bond donors (Lipinski definition) is 1. The zero-order chi connectivity index (χ0) is 15.5. The van der Waals surface area contributed by atoms with Gasteiger partial charge in [-0.05, 0) is 12.1 Å². The van der Waals surface area contributed by atoms with Crippen LogP contribution in [0.3, 0.4) is 0 Å². The smallest absolute Gasteiger partial charge is 0.159 e. The summed E-state index contributed by atoms with van der Waals surface area (Å²) in [5, 5.41) is 11.4. The van der Waals surface area contributed by atoms with Crippen LogP contribution in [-0.2, 0) is 0 Å². The molecule has 0 saturated heterocycles. The molecule has 1 N–H and O–H groups in total. The summed E-state index contributed by atoms with van der Waals surface area (Å²) in [6.07, 6.45) is 2.31. The molecule has 0 aliphatic rings. The maximum Gasteiger partial charge on any atom is 0.159 e. The van der Waals surface area contributed by atoms with Gasteiger partial charge >= 0.3 is 0 Å². The lowest BCUT2D eigenvalue weighted by Crippen LogP contribution is -2.02. The molecule has 0 bridgehead atoms. The Hall–Kier alpha value is -1.94. The highest BCUT2D eigenvalue weighted by Crippen LogP contribution is 2.30. The van der Waals surface area contributed by atoms with E-state index in [4.69, 9.17) is 23.2 Å². The second-order valence-electron chi connectivity index (χ2n) is 4.77. The van der Waals surface area contributed by atoms with Gasteiger partial charge in [0.25, 0.3) is 0 Å². The fraction of sp³-hybridized carbons (Fsp3) is 0.0588. The van der Waals surface area contributed by atoms with E-state index in [2.05, 4.69) is 9.97 Å². The lowest BCUT2D eigenvalue weighted by Gasteiger charge is -2.13. The molecule has 1 heterocycles. The highest BCUT2D eigenvalue weighted by Gasteiger charge is 2.15. The van der Waals surface area contributed by atoms with E-state index in [1.54, 1.807) is 30.6 Å². The van der Waals surface area contributed by atoms with Crippen LogP contribution in [0.1, 0.15) is 17.2 Å². The van der Waals surface area contributed by atoms with Gasteiger partial charge in [0.15, 0.2) is 5.82 Å². The van der Waals surface area contributed by atoms with Gasteiger partial charge in [-0.25, -0.2) is 9.97 Å². The molecular formula is C17H12Cl2N2O. The van der Waals surface area contributed by atoms with E-state index in [0.717, 1.165) is 5.56 Å². The van der Waals surface area contributed by atoms with Gasteiger partial charge in [-0.2, -0.15) is 0 Å². The van der Waals surface area contributed by atoms with Crippen molar-refractivity contribution in [3.63, 3.8) is 0 Å². The monoisotopic (exact) mass is 330 g/mol. The second-order valence-corrected chi connectivity index (χ2v) is 5.62. The molecule has 0 saturated carbocycles. The third-order valence-corrected chi connectivity index (χ3v) is 3.84. The molecule has 22 heavy (non-hydrogen) atoms. The standard InChI is InChI=1S/C17H12Cl2N2O/c18-13-6-7-14(15(19)8-13)16(22)12-9-20-17(21-10-12)11-4-2-1-3-5-11/h1-10,16,22H. The number of benzene rings is 2. The zero-order valence-corrected chi connectivity index (χ0v) is 13.0. The summed E-state index contributed by atoms with van der Waals surface area (Å²) in [6.45, 7) is 0. The molecule has 1 atom stereocenters. The molecule has 3 aromatic rings. The summed E-state index contributed by atoms with van der Waals surface area (Å²) in [7, 11) is 0. The number of halogens is 2. The largest absolute Gasteiger partial charge is 0.383 e. The van der Waals surface area contributed by atoms with Crippen molar-refractivity contribution < 1.29 is 5.11 Å². The summed E-state index contributed by atoms with van der Waals surface area (Å²) in [4.78, 5) is 8.60. The van der Waals surface area contributed by atoms with Gasteiger partial charge in [0.2, 0.25) is 0 Å². The van der Waals surface area contributed by atoms with E-state index in [1.165, 1.54) is 0 Å². The van der Waals surface area contributed by atoms with Crippen LogP contribution in [0.4, 0.5) is 0 Å². The number of aliphatic hydroxyl groups excluding tert-OH is 1. The molecular weight excluding hydrogens is 319 g/mol. The van der Waals surface area contributed by atoms with Crippen molar-refractivity contribution in [3.05, 3.63) is 82.1 Å². The summed E-state index contributed by atoms with van der Waals surface area (Å²) in [5.74, 6) is 0.610. The number of aromatic nitrogens is 2. The highest BCUT2D eigenvalue weighted by atomic mass is 35.5. The normalized spacial score (nSPS) is 12.1. The van der Waals surface area contributed by atoms with Crippen molar-refractivity contribution in [2.45, 2.75) is 6.10 Å². The minimum absolute atomic E-state index is 0.409. The fourth-order valence-electron chi connectivity index (χ4n) is 2.12. The van der Waals surface area contributed by atoms with Crippen molar-refractivity contribution in [1.29, 1.82) is 0 Å². The van der Waals surface area contributed by atoms with E-state index in [9.17, 15) is 5.11 Å². The van der Waals surface area contributed by atoms with Crippen LogP contribution < -0.4 is 0 Å². The molecule has 1 aromatic heterocycles. The van der Waals surface area contributed by atoms with Crippen LogP contribution in [0.2, 0.25) is 10.0 Å². The van der Waals surface area contributed by atoms with Gasteiger partial charge in [-0.3, -0.25) is 0 Å². The fourth-order valence-corrected chi connectivity index (χ4v) is 2.63. The lowest BCUT2D eigenvalue weighted by molar-refractivity contribution is 0.219. The zero-order valence-electron chi connectivity index (χ0n) is 11.4. The molecule has 2 aromatic carbocycles. The minimum Gasteiger partial charge on any atom is -0.383 e.